The van der Waals surface area contributed by atoms with Gasteiger partial charge in [-0.05, 0) is 39.9 Å². The second kappa shape index (κ2) is 17.8. The van der Waals surface area contributed by atoms with Crippen LogP contribution in [0.15, 0.2) is 174 Å². The van der Waals surface area contributed by atoms with Crippen molar-refractivity contribution >= 4 is 28.7 Å². The normalized spacial score (nSPS) is 17.7. The van der Waals surface area contributed by atoms with Crippen LogP contribution in [0.4, 0.5) is 0 Å². The second-order valence-corrected chi connectivity index (χ2v) is 15.7. The number of nitrogens with zero attached hydrogens (tertiary/aromatic N) is 3. The van der Waals surface area contributed by atoms with E-state index in [1.165, 1.54) is 18.0 Å². The molecule has 1 amide bonds. The lowest BCUT2D eigenvalue weighted by Gasteiger charge is -2.41. The molecular formula is C50H42N4O5S. The predicted octanol–water partition coefficient (Wildman–Crippen LogP) is 10.6. The van der Waals surface area contributed by atoms with Crippen molar-refractivity contribution in [3.63, 3.8) is 0 Å². The third kappa shape index (κ3) is 8.50. The van der Waals surface area contributed by atoms with Gasteiger partial charge >= 0.3 is 0 Å². The number of hydrogen-bond donors (Lipinski definition) is 2. The van der Waals surface area contributed by atoms with E-state index in [9.17, 15) is 9.90 Å². The Bertz CT molecular complexity index is 2650. The average molecular weight is 811 g/mol. The van der Waals surface area contributed by atoms with Crippen molar-refractivity contribution in [3.05, 3.63) is 192 Å². The molecule has 3 heterocycles. The smallest absolute Gasteiger partial charge is 0.271 e. The number of para-hydroxylation sites is 2. The zero-order chi connectivity index (χ0) is 40.8. The molecule has 9 rings (SSSR count). The number of rotatable bonds is 12. The number of aliphatic hydroxyl groups is 1. The predicted molar refractivity (Wildman–Crippen MR) is 234 cm³/mol. The van der Waals surface area contributed by atoms with Crippen LogP contribution >= 0.6 is 11.8 Å². The van der Waals surface area contributed by atoms with Crippen LogP contribution in [0, 0.1) is 5.92 Å². The minimum Gasteiger partial charge on any atom is -0.431 e. The Morgan fingerprint density at radius 2 is 1.37 bits per heavy atom. The van der Waals surface area contributed by atoms with Gasteiger partial charge in [0.25, 0.3) is 11.1 Å². The first-order valence-corrected chi connectivity index (χ1v) is 20.9. The van der Waals surface area contributed by atoms with Gasteiger partial charge in [-0.2, -0.15) is 0 Å². The summed E-state index contributed by atoms with van der Waals surface area (Å²) < 4.78 is 20.1. The van der Waals surface area contributed by atoms with E-state index in [1.54, 1.807) is 0 Å². The fourth-order valence-corrected chi connectivity index (χ4v) is 8.50. The molecule has 10 heteroatoms. The first-order chi connectivity index (χ1) is 29.5. The van der Waals surface area contributed by atoms with Crippen LogP contribution < -0.4 is 5.32 Å². The van der Waals surface area contributed by atoms with E-state index < -0.39 is 6.29 Å². The van der Waals surface area contributed by atoms with Gasteiger partial charge < -0.3 is 24.3 Å². The highest BCUT2D eigenvalue weighted by molar-refractivity contribution is 7.99. The molecule has 4 atom stereocenters. The average Bonchev–Trinajstić information content (AvgIpc) is 3.75. The summed E-state index contributed by atoms with van der Waals surface area (Å²) in [6, 6.07) is 51.8. The van der Waals surface area contributed by atoms with Crippen molar-refractivity contribution < 1.29 is 23.8 Å². The molecule has 1 saturated heterocycles. The zero-order valence-corrected chi connectivity index (χ0v) is 33.7. The summed E-state index contributed by atoms with van der Waals surface area (Å²) in [5.41, 5.74) is 10.1. The Morgan fingerprint density at radius 3 is 2.12 bits per heavy atom. The zero-order valence-electron chi connectivity index (χ0n) is 32.8. The maximum atomic E-state index is 13.1. The van der Waals surface area contributed by atoms with Crippen LogP contribution in [-0.2, 0) is 22.6 Å². The highest BCUT2D eigenvalue weighted by Crippen LogP contribution is 2.44. The first-order valence-electron chi connectivity index (χ1n) is 19.9. The Kier molecular flexibility index (Phi) is 11.6. The summed E-state index contributed by atoms with van der Waals surface area (Å²) in [5.74, 6) is 1.00. The molecule has 2 N–H and O–H groups in total. The SMILES string of the molecule is C[C@H]1[C@@H](CSc2nc(-c3ccccc3)c(-c3ccccc3)o2)O[C@@H](c2ccc(-c3ccccc3CNC(=O)c3cnc4ccccc4n3)cc2)O[C@H]1c1ccc(CO)cc1. The molecule has 1 aliphatic heterocycles. The van der Waals surface area contributed by atoms with Crippen molar-refractivity contribution in [2.24, 2.45) is 5.92 Å². The van der Waals surface area contributed by atoms with Gasteiger partial charge in [-0.3, -0.25) is 9.78 Å². The summed E-state index contributed by atoms with van der Waals surface area (Å²) in [6.07, 6.45) is 0.362. The van der Waals surface area contributed by atoms with Gasteiger partial charge in [0.2, 0.25) is 0 Å². The van der Waals surface area contributed by atoms with Crippen molar-refractivity contribution in [1.29, 1.82) is 0 Å². The van der Waals surface area contributed by atoms with Gasteiger partial charge in [-0.1, -0.05) is 164 Å². The summed E-state index contributed by atoms with van der Waals surface area (Å²) in [5, 5.41) is 13.3. The minimum atomic E-state index is -0.648. The molecular weight excluding hydrogens is 769 g/mol. The van der Waals surface area contributed by atoms with E-state index in [4.69, 9.17) is 18.9 Å². The van der Waals surface area contributed by atoms with E-state index in [0.717, 1.165) is 61.5 Å². The van der Waals surface area contributed by atoms with E-state index >= 15 is 0 Å². The van der Waals surface area contributed by atoms with Crippen LogP contribution in [0.25, 0.3) is 44.7 Å². The summed E-state index contributed by atoms with van der Waals surface area (Å²) in [6.45, 7) is 2.44. The van der Waals surface area contributed by atoms with Crippen molar-refractivity contribution in [2.75, 3.05) is 5.75 Å². The molecule has 0 spiro atoms. The molecule has 6 aromatic carbocycles. The van der Waals surface area contributed by atoms with Gasteiger partial charge in [0, 0.05) is 34.9 Å². The fraction of sp³-hybridized carbons (Fsp3) is 0.160. The number of thioether (sulfide) groups is 1. The molecule has 0 radical (unpaired) electrons. The fourth-order valence-electron chi connectivity index (χ4n) is 7.51. The van der Waals surface area contributed by atoms with Crippen molar-refractivity contribution in [2.45, 2.75) is 43.8 Å². The van der Waals surface area contributed by atoms with Crippen LogP contribution in [-0.4, -0.2) is 37.8 Å². The summed E-state index contributed by atoms with van der Waals surface area (Å²) in [7, 11) is 0. The summed E-state index contributed by atoms with van der Waals surface area (Å²) in [4.78, 5) is 27.0. The number of ether oxygens (including phenoxy) is 2. The largest absolute Gasteiger partial charge is 0.431 e. The molecule has 8 aromatic rings. The van der Waals surface area contributed by atoms with Crippen LogP contribution in [0.2, 0.25) is 0 Å². The molecule has 0 aliphatic carbocycles. The lowest BCUT2D eigenvalue weighted by Crippen LogP contribution is -2.38. The van der Waals surface area contributed by atoms with Gasteiger partial charge in [0.05, 0.1) is 36.0 Å². The highest BCUT2D eigenvalue weighted by atomic mass is 32.2. The Balaban J connectivity index is 0.946. The van der Waals surface area contributed by atoms with Gasteiger partial charge in [-0.15, -0.1) is 0 Å². The number of fused-ring (bicyclic) bond motifs is 1. The van der Waals surface area contributed by atoms with Crippen LogP contribution in [0.3, 0.4) is 0 Å². The number of nitrogens with one attached hydrogen (secondary N) is 1. The minimum absolute atomic E-state index is 0.0205. The lowest BCUT2D eigenvalue weighted by atomic mass is 9.91. The van der Waals surface area contributed by atoms with Gasteiger partial charge in [-0.25, -0.2) is 9.97 Å². The number of aromatic nitrogens is 3. The van der Waals surface area contributed by atoms with E-state index in [2.05, 4.69) is 40.4 Å². The monoisotopic (exact) mass is 810 g/mol. The number of hydrogen-bond acceptors (Lipinski definition) is 9. The molecule has 0 unspecified atom stereocenters. The van der Waals surface area contributed by atoms with E-state index in [0.29, 0.717) is 23.0 Å². The third-order valence-corrected chi connectivity index (χ3v) is 11.7. The Labute approximate surface area is 352 Å². The molecule has 0 saturated carbocycles. The molecule has 1 aliphatic rings. The standard InChI is InChI=1S/C50H42N4O5S/c1-32-44(31-60-50-54-45(35-12-4-2-5-13-35)47(59-50)36-14-6-3-7-15-36)57-49(58-46(32)37-22-20-33(30-55)21-23-37)38-26-24-34(25-27-38)40-17-9-8-16-39(40)28-52-48(56)43-29-51-41-18-10-11-19-42(41)53-43/h2-27,29,32,44,46,49,55H,28,30-31H2,1H3,(H,52,56)/t32-,44+,46+,49+/m0/s1. The molecule has 1 fully saturated rings. The molecule has 0 bridgehead atoms. The number of carbonyl (C=O) groups is 1. The molecule has 9 nitrogen and oxygen atoms in total. The van der Waals surface area contributed by atoms with Gasteiger partial charge in [0.15, 0.2) is 12.1 Å². The third-order valence-electron chi connectivity index (χ3n) is 10.8. The molecule has 298 valence electrons. The Hall–Kier alpha value is -6.43. The molecule has 2 aromatic heterocycles. The number of carbonyl (C=O) groups excluding carboxylic acids is 1. The van der Waals surface area contributed by atoms with Crippen molar-refractivity contribution in [1.82, 2.24) is 20.3 Å². The highest BCUT2D eigenvalue weighted by Gasteiger charge is 2.39. The second-order valence-electron chi connectivity index (χ2n) is 14.7. The Morgan fingerprint density at radius 1 is 0.700 bits per heavy atom. The maximum absolute atomic E-state index is 13.1. The number of benzene rings is 6. The van der Waals surface area contributed by atoms with Crippen LogP contribution in [0.1, 0.15) is 52.1 Å². The number of oxazole rings is 1. The maximum Gasteiger partial charge on any atom is 0.271 e. The van der Waals surface area contributed by atoms with E-state index in [1.807, 2.05) is 140 Å². The topological polar surface area (TPSA) is 120 Å². The first kappa shape index (κ1) is 39.1. The van der Waals surface area contributed by atoms with Crippen LogP contribution in [0.5, 0.6) is 0 Å². The quantitative estimate of drug-likeness (QED) is 0.116. The number of amides is 1. The lowest BCUT2D eigenvalue weighted by molar-refractivity contribution is -0.268. The number of aliphatic hydroxyl groups excluding tert-OH is 1. The summed E-state index contributed by atoms with van der Waals surface area (Å²) >= 11 is 1.53. The molecule has 60 heavy (non-hydrogen) atoms. The van der Waals surface area contributed by atoms with E-state index in [-0.39, 0.29) is 36.3 Å². The van der Waals surface area contributed by atoms with Gasteiger partial charge in [0.1, 0.15) is 11.4 Å². The van der Waals surface area contributed by atoms with Crippen molar-refractivity contribution in [3.8, 4) is 33.7 Å².